The van der Waals surface area contributed by atoms with Gasteiger partial charge in [-0.2, -0.15) is 0 Å². The van der Waals surface area contributed by atoms with Crippen molar-refractivity contribution in [2.45, 2.75) is 12.8 Å². The Hall–Kier alpha value is -2.40. The van der Waals surface area contributed by atoms with Gasteiger partial charge in [0.1, 0.15) is 11.5 Å². The second-order valence-electron chi connectivity index (χ2n) is 5.19. The number of aliphatic imine (C=N–C) groups is 1. The molecule has 0 aliphatic carbocycles. The minimum absolute atomic E-state index is 0.367. The Morgan fingerprint density at radius 1 is 1.12 bits per heavy atom. The van der Waals surface area contributed by atoms with Crippen LogP contribution in [0.15, 0.2) is 47.5 Å². The Morgan fingerprint density at radius 2 is 1.88 bits per heavy atom. The summed E-state index contributed by atoms with van der Waals surface area (Å²) >= 11 is 6.07. The number of hydrogen-bond acceptors (Lipinski definition) is 3. The topological polar surface area (TPSA) is 68.9 Å². The number of methoxy groups -OCH3 is 2. The van der Waals surface area contributed by atoms with Gasteiger partial charge in [0.15, 0.2) is 5.96 Å². The molecule has 2 rings (SSSR count). The first-order valence-electron chi connectivity index (χ1n) is 7.66. The van der Waals surface area contributed by atoms with E-state index in [1.54, 1.807) is 26.4 Å². The summed E-state index contributed by atoms with van der Waals surface area (Å²) in [6, 6.07) is 13.4. The number of hydrogen-bond donors (Lipinski definition) is 2. The molecule has 0 aliphatic heterocycles. The Labute approximate surface area is 147 Å². The van der Waals surface area contributed by atoms with Crippen LogP contribution in [0, 0.1) is 0 Å². The number of benzene rings is 2. The van der Waals surface area contributed by atoms with Gasteiger partial charge in [0, 0.05) is 12.2 Å². The highest BCUT2D eigenvalue weighted by Crippen LogP contribution is 2.27. The normalized spacial score (nSPS) is 11.2. The Kier molecular flexibility index (Phi) is 6.75. The molecule has 0 unspecified atom stereocenters. The van der Waals surface area contributed by atoms with Crippen LogP contribution in [-0.2, 0) is 6.42 Å². The molecule has 0 aromatic heterocycles. The average Bonchev–Trinajstić information content (AvgIpc) is 2.59. The molecule has 2 aromatic carbocycles. The minimum atomic E-state index is 0.367. The number of nitrogens with zero attached hydrogens (tertiary/aromatic N) is 1. The van der Waals surface area contributed by atoms with Crippen LogP contribution in [0.5, 0.6) is 11.5 Å². The monoisotopic (exact) mass is 347 g/mol. The summed E-state index contributed by atoms with van der Waals surface area (Å²) in [6.45, 7) is 0.648. The van der Waals surface area contributed by atoms with Crippen LogP contribution in [0.2, 0.25) is 5.02 Å². The number of rotatable bonds is 7. The molecular formula is C18H22ClN3O2. The molecule has 0 heterocycles. The molecule has 6 heteroatoms. The lowest BCUT2D eigenvalue weighted by molar-refractivity contribution is 0.414. The van der Waals surface area contributed by atoms with E-state index in [4.69, 9.17) is 26.8 Å². The van der Waals surface area contributed by atoms with Crippen molar-refractivity contribution in [3.63, 3.8) is 0 Å². The van der Waals surface area contributed by atoms with Crippen LogP contribution in [0.25, 0.3) is 0 Å². The molecule has 0 amide bonds. The molecule has 0 bridgehead atoms. The van der Waals surface area contributed by atoms with E-state index in [-0.39, 0.29) is 0 Å². The third-order valence-electron chi connectivity index (χ3n) is 3.49. The maximum atomic E-state index is 6.07. The predicted octanol–water partition coefficient (Wildman–Crippen LogP) is 3.72. The van der Waals surface area contributed by atoms with E-state index in [1.807, 2.05) is 18.2 Å². The number of halogens is 1. The molecule has 128 valence electrons. The molecule has 0 atom stereocenters. The minimum Gasteiger partial charge on any atom is -0.497 e. The Morgan fingerprint density at radius 3 is 2.50 bits per heavy atom. The molecule has 5 nitrogen and oxygen atoms in total. The maximum absolute atomic E-state index is 6.07. The first-order valence-corrected chi connectivity index (χ1v) is 8.03. The fourth-order valence-electron chi connectivity index (χ4n) is 2.21. The standard InChI is InChI=1S/C18H22ClN3O2/c1-23-15-8-5-13(6-9-15)4-3-11-21-18(20)22-14-7-10-17(24-2)16(19)12-14/h5-10,12H,3-4,11H2,1-2H3,(H3,20,21,22). The molecule has 3 N–H and O–H groups in total. The zero-order chi connectivity index (χ0) is 17.4. The third kappa shape index (κ3) is 5.35. The molecule has 0 radical (unpaired) electrons. The number of nitrogens with two attached hydrogens (primary N) is 1. The average molecular weight is 348 g/mol. The zero-order valence-corrected chi connectivity index (χ0v) is 14.6. The van der Waals surface area contributed by atoms with Gasteiger partial charge in [-0.25, -0.2) is 0 Å². The highest BCUT2D eigenvalue weighted by atomic mass is 35.5. The highest BCUT2D eigenvalue weighted by Gasteiger charge is 2.02. The molecular weight excluding hydrogens is 326 g/mol. The van der Waals surface area contributed by atoms with Gasteiger partial charge < -0.3 is 20.5 Å². The largest absolute Gasteiger partial charge is 0.497 e. The van der Waals surface area contributed by atoms with E-state index < -0.39 is 0 Å². The molecule has 24 heavy (non-hydrogen) atoms. The van der Waals surface area contributed by atoms with Gasteiger partial charge >= 0.3 is 0 Å². The number of anilines is 1. The molecule has 0 fully saturated rings. The molecule has 0 aliphatic rings. The lowest BCUT2D eigenvalue weighted by Crippen LogP contribution is -2.22. The summed E-state index contributed by atoms with van der Waals surface area (Å²) < 4.78 is 10.3. The lowest BCUT2D eigenvalue weighted by atomic mass is 10.1. The zero-order valence-electron chi connectivity index (χ0n) is 13.9. The number of guanidine groups is 1. The van der Waals surface area contributed by atoms with Crippen molar-refractivity contribution in [1.82, 2.24) is 0 Å². The SMILES string of the molecule is COc1ccc(CCCN=C(N)Nc2ccc(OC)c(Cl)c2)cc1. The van der Waals surface area contributed by atoms with E-state index in [0.717, 1.165) is 24.3 Å². The van der Waals surface area contributed by atoms with Gasteiger partial charge in [-0.1, -0.05) is 23.7 Å². The van der Waals surface area contributed by atoms with E-state index in [1.165, 1.54) is 5.56 Å². The predicted molar refractivity (Wildman–Crippen MR) is 99.4 cm³/mol. The molecule has 0 saturated heterocycles. The van der Waals surface area contributed by atoms with Gasteiger partial charge in [-0.3, -0.25) is 4.99 Å². The van der Waals surface area contributed by atoms with Crippen molar-refractivity contribution in [3.05, 3.63) is 53.1 Å². The van der Waals surface area contributed by atoms with Crippen molar-refractivity contribution < 1.29 is 9.47 Å². The second-order valence-corrected chi connectivity index (χ2v) is 5.60. The van der Waals surface area contributed by atoms with Crippen molar-refractivity contribution in [1.29, 1.82) is 0 Å². The fraction of sp³-hybridized carbons (Fsp3) is 0.278. The van der Waals surface area contributed by atoms with E-state index >= 15 is 0 Å². The van der Waals surface area contributed by atoms with Gasteiger partial charge in [0.2, 0.25) is 0 Å². The van der Waals surface area contributed by atoms with Gasteiger partial charge in [-0.05, 0) is 48.7 Å². The van der Waals surface area contributed by atoms with E-state index in [9.17, 15) is 0 Å². The summed E-state index contributed by atoms with van der Waals surface area (Å²) in [6.07, 6.45) is 1.85. The Bertz CT molecular complexity index is 687. The highest BCUT2D eigenvalue weighted by molar-refractivity contribution is 6.32. The number of ether oxygens (including phenoxy) is 2. The number of aryl methyl sites for hydroxylation is 1. The van der Waals surface area contributed by atoms with Crippen LogP contribution in [0.1, 0.15) is 12.0 Å². The van der Waals surface area contributed by atoms with Gasteiger partial charge in [0.25, 0.3) is 0 Å². The van der Waals surface area contributed by atoms with E-state index in [0.29, 0.717) is 23.3 Å². The summed E-state index contributed by atoms with van der Waals surface area (Å²) in [4.78, 5) is 4.32. The summed E-state index contributed by atoms with van der Waals surface area (Å²) in [5, 5.41) is 3.54. The molecule has 2 aromatic rings. The second kappa shape index (κ2) is 9.03. The smallest absolute Gasteiger partial charge is 0.193 e. The fourth-order valence-corrected chi connectivity index (χ4v) is 2.46. The van der Waals surface area contributed by atoms with Crippen LogP contribution < -0.4 is 20.5 Å². The quantitative estimate of drug-likeness (QED) is 0.455. The molecule has 0 spiro atoms. The molecule has 0 saturated carbocycles. The summed E-state index contributed by atoms with van der Waals surface area (Å²) in [5.74, 6) is 1.85. The van der Waals surface area contributed by atoms with Crippen molar-refractivity contribution in [2.24, 2.45) is 10.7 Å². The Balaban J connectivity index is 1.80. The van der Waals surface area contributed by atoms with Crippen LogP contribution in [-0.4, -0.2) is 26.7 Å². The first-order chi connectivity index (χ1) is 11.6. The third-order valence-corrected chi connectivity index (χ3v) is 3.78. The lowest BCUT2D eigenvalue weighted by Gasteiger charge is -2.08. The van der Waals surface area contributed by atoms with E-state index in [2.05, 4.69) is 22.4 Å². The van der Waals surface area contributed by atoms with Crippen LogP contribution >= 0.6 is 11.6 Å². The van der Waals surface area contributed by atoms with Crippen molar-refractivity contribution in [2.75, 3.05) is 26.1 Å². The van der Waals surface area contributed by atoms with Gasteiger partial charge in [-0.15, -0.1) is 0 Å². The maximum Gasteiger partial charge on any atom is 0.193 e. The van der Waals surface area contributed by atoms with Gasteiger partial charge in [0.05, 0.1) is 19.2 Å². The van der Waals surface area contributed by atoms with Crippen LogP contribution in [0.3, 0.4) is 0 Å². The summed E-state index contributed by atoms with van der Waals surface area (Å²) in [5.41, 5.74) is 7.92. The van der Waals surface area contributed by atoms with Crippen LogP contribution in [0.4, 0.5) is 5.69 Å². The first kappa shape index (κ1) is 17.9. The summed E-state index contributed by atoms with van der Waals surface area (Å²) in [7, 11) is 3.24. The number of nitrogens with one attached hydrogen (secondary N) is 1. The van der Waals surface area contributed by atoms with Crippen molar-refractivity contribution >= 4 is 23.2 Å². The van der Waals surface area contributed by atoms with Crippen molar-refractivity contribution in [3.8, 4) is 11.5 Å².